The van der Waals surface area contributed by atoms with E-state index >= 15 is 0 Å². The first-order chi connectivity index (χ1) is 8.24. The second kappa shape index (κ2) is 5.32. The SMILES string of the molecule is CC[C@H](CO)NC(=O)c1ccc2c(c1)CCC2. The number of nitrogens with one attached hydrogen (secondary N) is 1. The summed E-state index contributed by atoms with van der Waals surface area (Å²) in [5, 5.41) is 11.9. The third kappa shape index (κ3) is 2.67. The molecule has 1 aliphatic rings. The second-order valence-corrected chi connectivity index (χ2v) is 4.60. The van der Waals surface area contributed by atoms with Crippen LogP contribution in [0.1, 0.15) is 41.3 Å². The highest BCUT2D eigenvalue weighted by atomic mass is 16.3. The maximum atomic E-state index is 12.0. The van der Waals surface area contributed by atoms with Crippen LogP contribution in [-0.4, -0.2) is 23.7 Å². The second-order valence-electron chi connectivity index (χ2n) is 4.60. The molecule has 1 amide bonds. The Hall–Kier alpha value is -1.35. The maximum absolute atomic E-state index is 12.0. The van der Waals surface area contributed by atoms with Crippen LogP contribution in [0.3, 0.4) is 0 Å². The number of hydrogen-bond donors (Lipinski definition) is 2. The predicted octanol–water partition coefficient (Wildman–Crippen LogP) is 1.68. The first-order valence-electron chi connectivity index (χ1n) is 6.28. The van der Waals surface area contributed by atoms with Crippen LogP contribution in [0.15, 0.2) is 18.2 Å². The molecule has 1 atom stereocenters. The summed E-state index contributed by atoms with van der Waals surface area (Å²) < 4.78 is 0. The molecule has 0 fully saturated rings. The summed E-state index contributed by atoms with van der Waals surface area (Å²) in [5.74, 6) is -0.0828. The topological polar surface area (TPSA) is 49.3 Å². The Morgan fingerprint density at radius 2 is 2.18 bits per heavy atom. The molecule has 3 nitrogen and oxygen atoms in total. The van der Waals surface area contributed by atoms with Crippen LogP contribution in [0.4, 0.5) is 0 Å². The van der Waals surface area contributed by atoms with Crippen LogP contribution >= 0.6 is 0 Å². The maximum Gasteiger partial charge on any atom is 0.251 e. The molecule has 1 aromatic carbocycles. The van der Waals surface area contributed by atoms with Crippen LogP contribution < -0.4 is 5.32 Å². The summed E-state index contributed by atoms with van der Waals surface area (Å²) in [4.78, 5) is 12.0. The van der Waals surface area contributed by atoms with Gasteiger partial charge in [0.15, 0.2) is 0 Å². The Bertz CT molecular complexity index is 411. The van der Waals surface area contributed by atoms with Crippen LogP contribution in [0.2, 0.25) is 0 Å². The first-order valence-corrected chi connectivity index (χ1v) is 6.28. The summed E-state index contributed by atoms with van der Waals surface area (Å²) >= 11 is 0. The van der Waals surface area contributed by atoms with E-state index in [2.05, 4.69) is 11.4 Å². The van der Waals surface area contributed by atoms with E-state index in [0.29, 0.717) is 5.56 Å². The molecule has 0 unspecified atom stereocenters. The highest BCUT2D eigenvalue weighted by Gasteiger charge is 2.15. The average Bonchev–Trinajstić information content (AvgIpc) is 2.82. The number of hydrogen-bond acceptors (Lipinski definition) is 2. The molecule has 1 aromatic rings. The van der Waals surface area contributed by atoms with E-state index in [9.17, 15) is 4.79 Å². The number of amides is 1. The minimum absolute atomic E-state index is 0.00677. The van der Waals surface area contributed by atoms with Crippen molar-refractivity contribution in [3.8, 4) is 0 Å². The van der Waals surface area contributed by atoms with E-state index in [1.54, 1.807) is 0 Å². The molecule has 1 aliphatic carbocycles. The van der Waals surface area contributed by atoms with Gasteiger partial charge in [-0.1, -0.05) is 13.0 Å². The lowest BCUT2D eigenvalue weighted by molar-refractivity contribution is 0.0915. The van der Waals surface area contributed by atoms with E-state index in [-0.39, 0.29) is 18.6 Å². The number of benzene rings is 1. The van der Waals surface area contributed by atoms with Crippen molar-refractivity contribution in [3.05, 3.63) is 34.9 Å². The Labute approximate surface area is 102 Å². The lowest BCUT2D eigenvalue weighted by Gasteiger charge is -2.14. The largest absolute Gasteiger partial charge is 0.394 e. The van der Waals surface area contributed by atoms with Crippen molar-refractivity contribution in [2.75, 3.05) is 6.61 Å². The molecule has 2 rings (SSSR count). The molecule has 0 saturated carbocycles. The van der Waals surface area contributed by atoms with Gasteiger partial charge in [-0.25, -0.2) is 0 Å². The lowest BCUT2D eigenvalue weighted by atomic mass is 10.1. The Balaban J connectivity index is 2.09. The molecule has 0 radical (unpaired) electrons. The standard InChI is InChI=1S/C14H19NO2/c1-2-13(9-16)15-14(17)12-7-6-10-4-3-5-11(10)8-12/h6-8,13,16H,2-5,9H2,1H3,(H,15,17)/t13-/m1/s1. The van der Waals surface area contributed by atoms with Gasteiger partial charge in [-0.05, 0) is 48.9 Å². The molecule has 17 heavy (non-hydrogen) atoms. The van der Waals surface area contributed by atoms with Gasteiger partial charge in [0.05, 0.1) is 12.6 Å². The summed E-state index contributed by atoms with van der Waals surface area (Å²) in [6.45, 7) is 1.94. The number of fused-ring (bicyclic) bond motifs is 1. The summed E-state index contributed by atoms with van der Waals surface area (Å²) in [6, 6.07) is 5.78. The number of aliphatic hydroxyl groups excluding tert-OH is 1. The fraction of sp³-hybridized carbons (Fsp3) is 0.500. The Morgan fingerprint density at radius 1 is 1.41 bits per heavy atom. The molecule has 0 aromatic heterocycles. The number of carbonyl (C=O) groups excluding carboxylic acids is 1. The van der Waals surface area contributed by atoms with Crippen molar-refractivity contribution in [1.82, 2.24) is 5.32 Å². The number of aliphatic hydroxyl groups is 1. The van der Waals surface area contributed by atoms with Crippen molar-refractivity contribution < 1.29 is 9.90 Å². The molecule has 92 valence electrons. The third-order valence-electron chi connectivity index (χ3n) is 3.41. The van der Waals surface area contributed by atoms with E-state index in [0.717, 1.165) is 19.3 Å². The van der Waals surface area contributed by atoms with Gasteiger partial charge in [-0.3, -0.25) is 4.79 Å². The molecular weight excluding hydrogens is 214 g/mol. The molecule has 0 spiro atoms. The summed E-state index contributed by atoms with van der Waals surface area (Å²) in [5.41, 5.74) is 3.38. The van der Waals surface area contributed by atoms with Crippen LogP contribution in [0.25, 0.3) is 0 Å². The first kappa shape index (κ1) is 12.1. The van der Waals surface area contributed by atoms with Gasteiger partial charge in [0.2, 0.25) is 0 Å². The molecule has 0 aliphatic heterocycles. The van der Waals surface area contributed by atoms with Crippen LogP contribution in [0, 0.1) is 0 Å². The van der Waals surface area contributed by atoms with Gasteiger partial charge in [-0.15, -0.1) is 0 Å². The van der Waals surface area contributed by atoms with E-state index in [4.69, 9.17) is 5.11 Å². The smallest absolute Gasteiger partial charge is 0.251 e. The third-order valence-corrected chi connectivity index (χ3v) is 3.41. The van der Waals surface area contributed by atoms with Gasteiger partial charge in [0.25, 0.3) is 5.91 Å². The average molecular weight is 233 g/mol. The zero-order valence-electron chi connectivity index (χ0n) is 10.2. The van der Waals surface area contributed by atoms with Crippen molar-refractivity contribution in [1.29, 1.82) is 0 Å². The van der Waals surface area contributed by atoms with E-state index < -0.39 is 0 Å². The number of carbonyl (C=O) groups is 1. The fourth-order valence-corrected chi connectivity index (χ4v) is 2.26. The quantitative estimate of drug-likeness (QED) is 0.831. The Kier molecular flexibility index (Phi) is 3.79. The van der Waals surface area contributed by atoms with Gasteiger partial charge in [-0.2, -0.15) is 0 Å². The minimum Gasteiger partial charge on any atom is -0.394 e. The van der Waals surface area contributed by atoms with Crippen molar-refractivity contribution in [2.24, 2.45) is 0 Å². The number of aryl methyl sites for hydroxylation is 2. The molecule has 2 N–H and O–H groups in total. The summed E-state index contributed by atoms with van der Waals surface area (Å²) in [6.07, 6.45) is 4.14. The van der Waals surface area contributed by atoms with Crippen LogP contribution in [-0.2, 0) is 12.8 Å². The number of rotatable bonds is 4. The molecular formula is C14H19NO2. The van der Waals surface area contributed by atoms with Crippen molar-refractivity contribution in [3.63, 3.8) is 0 Å². The van der Waals surface area contributed by atoms with Crippen LogP contribution in [0.5, 0.6) is 0 Å². The van der Waals surface area contributed by atoms with Gasteiger partial charge < -0.3 is 10.4 Å². The normalized spacial score (nSPS) is 15.4. The zero-order chi connectivity index (χ0) is 12.3. The zero-order valence-corrected chi connectivity index (χ0v) is 10.2. The summed E-state index contributed by atoms with van der Waals surface area (Å²) in [7, 11) is 0. The minimum atomic E-state index is -0.143. The molecule has 0 heterocycles. The van der Waals surface area contributed by atoms with Gasteiger partial charge >= 0.3 is 0 Å². The van der Waals surface area contributed by atoms with Crippen molar-refractivity contribution in [2.45, 2.75) is 38.6 Å². The molecule has 0 bridgehead atoms. The monoisotopic (exact) mass is 233 g/mol. The molecule has 3 heteroatoms. The van der Waals surface area contributed by atoms with Gasteiger partial charge in [0, 0.05) is 5.56 Å². The van der Waals surface area contributed by atoms with Crippen molar-refractivity contribution >= 4 is 5.91 Å². The highest BCUT2D eigenvalue weighted by molar-refractivity contribution is 5.94. The highest BCUT2D eigenvalue weighted by Crippen LogP contribution is 2.22. The van der Waals surface area contributed by atoms with E-state index in [1.165, 1.54) is 17.5 Å². The predicted molar refractivity (Wildman–Crippen MR) is 67.1 cm³/mol. The molecule has 0 saturated heterocycles. The van der Waals surface area contributed by atoms with Gasteiger partial charge in [0.1, 0.15) is 0 Å². The fourth-order valence-electron chi connectivity index (χ4n) is 2.26. The lowest BCUT2D eigenvalue weighted by Crippen LogP contribution is -2.36. The Morgan fingerprint density at radius 3 is 2.88 bits per heavy atom. The van der Waals surface area contributed by atoms with E-state index in [1.807, 2.05) is 19.1 Å².